The summed E-state index contributed by atoms with van der Waals surface area (Å²) in [5, 5.41) is 2.54. The number of anilines is 1. The van der Waals surface area contributed by atoms with Gasteiger partial charge in [-0.05, 0) is 39.0 Å². The topological polar surface area (TPSA) is 73.2 Å². The van der Waals surface area contributed by atoms with Crippen molar-refractivity contribution < 1.29 is 9.53 Å². The van der Waals surface area contributed by atoms with Crippen LogP contribution in [0.5, 0.6) is 5.75 Å². The third-order valence-electron chi connectivity index (χ3n) is 2.91. The Morgan fingerprint density at radius 1 is 1.23 bits per heavy atom. The third-order valence-corrected chi connectivity index (χ3v) is 2.91. The molecule has 0 aliphatic rings. The second-order valence-corrected chi connectivity index (χ2v) is 5.79. The van der Waals surface area contributed by atoms with E-state index in [9.17, 15) is 9.59 Å². The second kappa shape index (κ2) is 6.43. The van der Waals surface area contributed by atoms with Crippen LogP contribution in [0.15, 0.2) is 47.4 Å². The maximum atomic E-state index is 11.9. The van der Waals surface area contributed by atoms with Gasteiger partial charge in [0, 0.05) is 11.7 Å². The van der Waals surface area contributed by atoms with Gasteiger partial charge < -0.3 is 10.1 Å². The van der Waals surface area contributed by atoms with Crippen molar-refractivity contribution in [1.82, 2.24) is 9.55 Å². The fourth-order valence-corrected chi connectivity index (χ4v) is 1.83. The summed E-state index contributed by atoms with van der Waals surface area (Å²) < 4.78 is 6.83. The molecule has 1 aromatic carbocycles. The van der Waals surface area contributed by atoms with E-state index in [4.69, 9.17) is 4.74 Å². The molecule has 1 N–H and O–H groups in total. The van der Waals surface area contributed by atoms with Crippen molar-refractivity contribution in [2.45, 2.75) is 26.3 Å². The number of carbonyl (C=O) groups is 1. The van der Waals surface area contributed by atoms with E-state index in [-0.39, 0.29) is 23.9 Å². The highest BCUT2D eigenvalue weighted by Crippen LogP contribution is 2.11. The van der Waals surface area contributed by atoms with Crippen molar-refractivity contribution in [3.05, 3.63) is 53.1 Å². The summed E-state index contributed by atoms with van der Waals surface area (Å²) in [6, 6.07) is 10.6. The molecule has 116 valence electrons. The molecule has 1 heterocycles. The molecule has 0 spiro atoms. The minimum atomic E-state index is -0.408. The van der Waals surface area contributed by atoms with Crippen LogP contribution in [0.1, 0.15) is 20.8 Å². The van der Waals surface area contributed by atoms with Gasteiger partial charge in [0.1, 0.15) is 11.6 Å². The van der Waals surface area contributed by atoms with Crippen LogP contribution in [0, 0.1) is 0 Å². The molecule has 22 heavy (non-hydrogen) atoms. The number of carbonyl (C=O) groups excluding carboxylic acids is 1. The molecule has 2 aromatic rings. The molecule has 0 unspecified atom stereocenters. The van der Waals surface area contributed by atoms with Gasteiger partial charge in [-0.3, -0.25) is 9.36 Å². The Bertz CT molecular complexity index is 703. The van der Waals surface area contributed by atoms with E-state index in [2.05, 4.69) is 10.3 Å². The Labute approximate surface area is 128 Å². The van der Waals surface area contributed by atoms with Gasteiger partial charge in [-0.15, -0.1) is 0 Å². The second-order valence-electron chi connectivity index (χ2n) is 5.79. The smallest absolute Gasteiger partial charge is 0.349 e. The minimum Gasteiger partial charge on any atom is -0.484 e. The Morgan fingerprint density at radius 3 is 2.50 bits per heavy atom. The summed E-state index contributed by atoms with van der Waals surface area (Å²) in [6.45, 7) is 5.57. The predicted octanol–water partition coefficient (Wildman–Crippen LogP) is 2.02. The SMILES string of the molecule is CC(C)(C)n1ccc(NC(=O)COc2ccccc2)nc1=O. The molecule has 0 radical (unpaired) electrons. The number of amides is 1. The highest BCUT2D eigenvalue weighted by Gasteiger charge is 2.15. The molecule has 0 aliphatic carbocycles. The van der Waals surface area contributed by atoms with Crippen molar-refractivity contribution in [3.63, 3.8) is 0 Å². The Hall–Kier alpha value is -2.63. The lowest BCUT2D eigenvalue weighted by Gasteiger charge is -2.21. The maximum absolute atomic E-state index is 11.9. The molecule has 0 fully saturated rings. The van der Waals surface area contributed by atoms with Crippen molar-refractivity contribution in [2.75, 3.05) is 11.9 Å². The van der Waals surface area contributed by atoms with E-state index in [1.165, 1.54) is 4.57 Å². The van der Waals surface area contributed by atoms with Crippen LogP contribution in [-0.2, 0) is 10.3 Å². The largest absolute Gasteiger partial charge is 0.484 e. The number of nitrogens with zero attached hydrogens (tertiary/aromatic N) is 2. The van der Waals surface area contributed by atoms with Gasteiger partial charge in [-0.2, -0.15) is 4.98 Å². The summed E-state index contributed by atoms with van der Waals surface area (Å²) in [7, 11) is 0. The van der Waals surface area contributed by atoms with Gasteiger partial charge in [-0.25, -0.2) is 4.79 Å². The highest BCUT2D eigenvalue weighted by atomic mass is 16.5. The van der Waals surface area contributed by atoms with E-state index in [1.807, 2.05) is 39.0 Å². The van der Waals surface area contributed by atoms with Crippen LogP contribution in [0.3, 0.4) is 0 Å². The fraction of sp³-hybridized carbons (Fsp3) is 0.312. The maximum Gasteiger partial charge on any atom is 0.349 e. The zero-order valence-electron chi connectivity index (χ0n) is 12.9. The Balaban J connectivity index is 1.97. The van der Waals surface area contributed by atoms with Gasteiger partial charge in [0.25, 0.3) is 5.91 Å². The Morgan fingerprint density at radius 2 is 1.91 bits per heavy atom. The molecule has 0 aliphatic heterocycles. The lowest BCUT2D eigenvalue weighted by molar-refractivity contribution is -0.118. The zero-order valence-corrected chi connectivity index (χ0v) is 12.9. The first-order valence-corrected chi connectivity index (χ1v) is 6.94. The molecule has 1 amide bonds. The average Bonchev–Trinajstić information content (AvgIpc) is 2.45. The van der Waals surface area contributed by atoms with Crippen LogP contribution in [-0.4, -0.2) is 22.1 Å². The highest BCUT2D eigenvalue weighted by molar-refractivity contribution is 5.90. The summed E-state index contributed by atoms with van der Waals surface area (Å²) in [5.74, 6) is 0.449. The number of hydrogen-bond acceptors (Lipinski definition) is 4. The minimum absolute atomic E-state index is 0.145. The summed E-state index contributed by atoms with van der Waals surface area (Å²) in [6.07, 6.45) is 1.61. The first-order valence-electron chi connectivity index (χ1n) is 6.94. The molecule has 6 nitrogen and oxygen atoms in total. The molecule has 2 rings (SSSR count). The molecule has 6 heteroatoms. The van der Waals surface area contributed by atoms with Crippen molar-refractivity contribution >= 4 is 11.7 Å². The van der Waals surface area contributed by atoms with Crippen molar-refractivity contribution in [1.29, 1.82) is 0 Å². The number of aromatic nitrogens is 2. The summed E-state index contributed by atoms with van der Waals surface area (Å²) >= 11 is 0. The van der Waals surface area contributed by atoms with E-state index in [0.29, 0.717) is 5.75 Å². The predicted molar refractivity (Wildman–Crippen MR) is 84.1 cm³/mol. The molecule has 0 bridgehead atoms. The number of ether oxygens (including phenoxy) is 1. The Kier molecular flexibility index (Phi) is 4.60. The van der Waals surface area contributed by atoms with Crippen LogP contribution in [0.2, 0.25) is 0 Å². The standard InChI is InChI=1S/C16H19N3O3/c1-16(2,3)19-10-9-13(18-15(19)21)17-14(20)11-22-12-7-5-4-6-8-12/h4-10H,11H2,1-3H3,(H,17,18,20,21). The number of benzene rings is 1. The number of hydrogen-bond donors (Lipinski definition) is 1. The van der Waals surface area contributed by atoms with Crippen molar-refractivity contribution in [3.8, 4) is 5.75 Å². The van der Waals surface area contributed by atoms with Crippen molar-refractivity contribution in [2.24, 2.45) is 0 Å². The van der Waals surface area contributed by atoms with Crippen LogP contribution >= 0.6 is 0 Å². The molecule has 1 aromatic heterocycles. The van der Waals surface area contributed by atoms with Crippen LogP contribution < -0.4 is 15.7 Å². The lowest BCUT2D eigenvalue weighted by atomic mass is 10.1. The first-order chi connectivity index (χ1) is 10.4. The quantitative estimate of drug-likeness (QED) is 0.937. The third kappa shape index (κ3) is 4.18. The van der Waals surface area contributed by atoms with E-state index in [1.54, 1.807) is 24.4 Å². The van der Waals surface area contributed by atoms with Gasteiger partial charge >= 0.3 is 5.69 Å². The van der Waals surface area contributed by atoms with Gasteiger partial charge in [-0.1, -0.05) is 18.2 Å². The molecule has 0 saturated heterocycles. The number of para-hydroxylation sites is 1. The van der Waals surface area contributed by atoms with Gasteiger partial charge in [0.15, 0.2) is 6.61 Å². The van der Waals surface area contributed by atoms with E-state index < -0.39 is 5.69 Å². The van der Waals surface area contributed by atoms with Gasteiger partial charge in [0.2, 0.25) is 0 Å². The molecular formula is C16H19N3O3. The number of nitrogens with one attached hydrogen (secondary N) is 1. The monoisotopic (exact) mass is 301 g/mol. The fourth-order valence-electron chi connectivity index (χ4n) is 1.83. The first kappa shape index (κ1) is 15.8. The molecule has 0 saturated carbocycles. The van der Waals surface area contributed by atoms with E-state index in [0.717, 1.165) is 0 Å². The summed E-state index contributed by atoms with van der Waals surface area (Å²) in [5.41, 5.74) is -0.766. The normalized spacial score (nSPS) is 11.0. The molecular weight excluding hydrogens is 282 g/mol. The lowest BCUT2D eigenvalue weighted by Crippen LogP contribution is -2.35. The molecule has 0 atom stereocenters. The van der Waals surface area contributed by atoms with E-state index >= 15 is 0 Å². The number of rotatable bonds is 4. The van der Waals surface area contributed by atoms with Crippen LogP contribution in [0.4, 0.5) is 5.82 Å². The van der Waals surface area contributed by atoms with Gasteiger partial charge in [0.05, 0.1) is 0 Å². The van der Waals surface area contributed by atoms with Crippen LogP contribution in [0.25, 0.3) is 0 Å². The zero-order chi connectivity index (χ0) is 16.2. The summed E-state index contributed by atoms with van der Waals surface area (Å²) in [4.78, 5) is 27.6. The average molecular weight is 301 g/mol.